The summed E-state index contributed by atoms with van der Waals surface area (Å²) in [6.45, 7) is 4.81. The molecule has 1 N–H and O–H groups in total. The van der Waals surface area contributed by atoms with Crippen LogP contribution in [0.15, 0.2) is 24.3 Å². The van der Waals surface area contributed by atoms with E-state index in [0.29, 0.717) is 0 Å². The smallest absolute Gasteiger partial charge is 0.0632 e. The Balaban J connectivity index is 1.98. The highest BCUT2D eigenvalue weighted by Crippen LogP contribution is 2.24. The molecule has 17 heavy (non-hydrogen) atoms. The normalized spacial score (nSPS) is 26.8. The van der Waals surface area contributed by atoms with E-state index < -0.39 is 5.60 Å². The van der Waals surface area contributed by atoms with Gasteiger partial charge in [0.1, 0.15) is 0 Å². The molecule has 1 saturated heterocycles. The highest BCUT2D eigenvalue weighted by molar-refractivity contribution is 6.31. The number of halogens is 1. The van der Waals surface area contributed by atoms with Gasteiger partial charge >= 0.3 is 0 Å². The number of nitrogens with zero attached hydrogens (tertiary/aromatic N) is 1. The van der Waals surface area contributed by atoms with E-state index in [1.807, 2.05) is 25.1 Å². The largest absolute Gasteiger partial charge is 0.390 e. The molecule has 0 saturated carbocycles. The van der Waals surface area contributed by atoms with E-state index in [2.05, 4.69) is 11.0 Å². The van der Waals surface area contributed by atoms with Gasteiger partial charge in [-0.25, -0.2) is 0 Å². The fourth-order valence-electron chi connectivity index (χ4n) is 2.34. The molecule has 0 radical (unpaired) electrons. The molecular weight excluding hydrogens is 234 g/mol. The first-order valence-corrected chi connectivity index (χ1v) is 6.63. The fourth-order valence-corrected chi connectivity index (χ4v) is 2.54. The lowest BCUT2D eigenvalue weighted by Crippen LogP contribution is -2.28. The molecule has 1 aromatic rings. The molecule has 1 heterocycles. The van der Waals surface area contributed by atoms with Gasteiger partial charge in [-0.1, -0.05) is 29.8 Å². The van der Waals surface area contributed by atoms with Crippen molar-refractivity contribution in [3.8, 4) is 0 Å². The molecule has 0 aromatic heterocycles. The summed E-state index contributed by atoms with van der Waals surface area (Å²) < 4.78 is 0. The molecular formula is C14H20ClNO. The molecule has 0 bridgehead atoms. The maximum atomic E-state index is 10.0. The van der Waals surface area contributed by atoms with Gasteiger partial charge in [-0.3, -0.25) is 4.90 Å². The first-order valence-electron chi connectivity index (χ1n) is 6.25. The predicted molar refractivity (Wildman–Crippen MR) is 71.2 cm³/mol. The van der Waals surface area contributed by atoms with E-state index in [-0.39, 0.29) is 0 Å². The van der Waals surface area contributed by atoms with E-state index >= 15 is 0 Å². The highest BCUT2D eigenvalue weighted by Gasteiger charge is 2.24. The summed E-state index contributed by atoms with van der Waals surface area (Å²) in [5.74, 6) is 0. The van der Waals surface area contributed by atoms with Crippen LogP contribution < -0.4 is 0 Å². The Morgan fingerprint density at radius 3 is 2.82 bits per heavy atom. The molecule has 1 unspecified atom stereocenters. The monoisotopic (exact) mass is 253 g/mol. The number of rotatable bonds is 2. The maximum Gasteiger partial charge on any atom is 0.0632 e. The van der Waals surface area contributed by atoms with Crippen molar-refractivity contribution in [2.45, 2.75) is 38.3 Å². The van der Waals surface area contributed by atoms with Crippen LogP contribution >= 0.6 is 11.6 Å². The van der Waals surface area contributed by atoms with Crippen molar-refractivity contribution in [2.75, 3.05) is 13.1 Å². The van der Waals surface area contributed by atoms with E-state index in [9.17, 15) is 5.11 Å². The van der Waals surface area contributed by atoms with Gasteiger partial charge in [0.05, 0.1) is 5.60 Å². The van der Waals surface area contributed by atoms with Crippen molar-refractivity contribution in [1.82, 2.24) is 4.90 Å². The standard InChI is InChI=1S/C14H20ClNO/c1-14(17)7-4-9-16(10-8-14)11-12-5-2-3-6-13(12)15/h2-3,5-6,17H,4,7-11H2,1H3. The Kier molecular flexibility index (Phi) is 4.08. The van der Waals surface area contributed by atoms with Gasteiger partial charge in [0.15, 0.2) is 0 Å². The summed E-state index contributed by atoms with van der Waals surface area (Å²) in [5.41, 5.74) is 0.686. The van der Waals surface area contributed by atoms with Gasteiger partial charge < -0.3 is 5.11 Å². The number of hydrogen-bond donors (Lipinski definition) is 1. The molecule has 1 atom stereocenters. The van der Waals surface area contributed by atoms with Crippen LogP contribution in [0.2, 0.25) is 5.02 Å². The summed E-state index contributed by atoms with van der Waals surface area (Å²) >= 11 is 6.16. The quantitative estimate of drug-likeness (QED) is 0.876. The van der Waals surface area contributed by atoms with Crippen molar-refractivity contribution in [1.29, 1.82) is 0 Å². The Labute approximate surface area is 108 Å². The fraction of sp³-hybridized carbons (Fsp3) is 0.571. The molecule has 1 fully saturated rings. The van der Waals surface area contributed by atoms with E-state index in [0.717, 1.165) is 43.9 Å². The number of hydrogen-bond acceptors (Lipinski definition) is 2. The molecule has 1 aliphatic rings. The number of likely N-dealkylation sites (tertiary alicyclic amines) is 1. The van der Waals surface area contributed by atoms with E-state index in [1.165, 1.54) is 5.56 Å². The molecule has 0 aliphatic carbocycles. The number of aliphatic hydroxyl groups is 1. The lowest BCUT2D eigenvalue weighted by molar-refractivity contribution is 0.0444. The molecule has 2 rings (SSSR count). The first-order chi connectivity index (χ1) is 8.07. The molecule has 0 spiro atoms. The Morgan fingerprint density at radius 1 is 1.29 bits per heavy atom. The van der Waals surface area contributed by atoms with Crippen molar-refractivity contribution < 1.29 is 5.11 Å². The summed E-state index contributed by atoms with van der Waals surface area (Å²) in [7, 11) is 0. The van der Waals surface area contributed by atoms with E-state index in [4.69, 9.17) is 11.6 Å². The van der Waals surface area contributed by atoms with Crippen LogP contribution in [-0.4, -0.2) is 28.7 Å². The van der Waals surface area contributed by atoms with Crippen LogP contribution in [-0.2, 0) is 6.54 Å². The van der Waals surface area contributed by atoms with Gasteiger partial charge in [0.2, 0.25) is 0 Å². The molecule has 1 aliphatic heterocycles. The molecule has 94 valence electrons. The summed E-state index contributed by atoms with van der Waals surface area (Å²) in [6, 6.07) is 7.99. The maximum absolute atomic E-state index is 10.0. The van der Waals surface area contributed by atoms with Crippen molar-refractivity contribution >= 4 is 11.6 Å². The van der Waals surface area contributed by atoms with Gasteiger partial charge in [0.25, 0.3) is 0 Å². The van der Waals surface area contributed by atoms with Gasteiger partial charge in [-0.15, -0.1) is 0 Å². The van der Waals surface area contributed by atoms with Crippen LogP contribution in [0.4, 0.5) is 0 Å². The topological polar surface area (TPSA) is 23.5 Å². The highest BCUT2D eigenvalue weighted by atomic mass is 35.5. The summed E-state index contributed by atoms with van der Waals surface area (Å²) in [5, 5.41) is 10.9. The average molecular weight is 254 g/mol. The van der Waals surface area contributed by atoms with Crippen LogP contribution in [0.3, 0.4) is 0 Å². The van der Waals surface area contributed by atoms with Crippen molar-refractivity contribution in [2.24, 2.45) is 0 Å². The van der Waals surface area contributed by atoms with E-state index in [1.54, 1.807) is 0 Å². The van der Waals surface area contributed by atoms with Crippen LogP contribution in [0, 0.1) is 0 Å². The Bertz CT molecular complexity index is 378. The zero-order valence-electron chi connectivity index (χ0n) is 10.3. The van der Waals surface area contributed by atoms with Crippen LogP contribution in [0.5, 0.6) is 0 Å². The SMILES string of the molecule is CC1(O)CCCN(Cc2ccccc2Cl)CC1. The minimum absolute atomic E-state index is 0.491. The minimum Gasteiger partial charge on any atom is -0.390 e. The Morgan fingerprint density at radius 2 is 2.06 bits per heavy atom. The second-order valence-corrected chi connectivity index (χ2v) is 5.63. The third-order valence-electron chi connectivity index (χ3n) is 3.51. The lowest BCUT2D eigenvalue weighted by Gasteiger charge is -2.22. The second-order valence-electron chi connectivity index (χ2n) is 5.22. The average Bonchev–Trinajstić information content (AvgIpc) is 2.44. The lowest BCUT2D eigenvalue weighted by atomic mass is 9.98. The third-order valence-corrected chi connectivity index (χ3v) is 3.88. The van der Waals surface area contributed by atoms with Crippen molar-refractivity contribution in [3.63, 3.8) is 0 Å². The van der Waals surface area contributed by atoms with Gasteiger partial charge in [-0.2, -0.15) is 0 Å². The van der Waals surface area contributed by atoms with Crippen LogP contribution in [0.1, 0.15) is 31.7 Å². The minimum atomic E-state index is -0.491. The Hall–Kier alpha value is -0.570. The van der Waals surface area contributed by atoms with Crippen LogP contribution in [0.25, 0.3) is 0 Å². The first kappa shape index (κ1) is 12.9. The van der Waals surface area contributed by atoms with Crippen molar-refractivity contribution in [3.05, 3.63) is 34.9 Å². The molecule has 3 heteroatoms. The third kappa shape index (κ3) is 3.70. The number of benzene rings is 1. The zero-order chi connectivity index (χ0) is 12.3. The zero-order valence-corrected chi connectivity index (χ0v) is 11.1. The summed E-state index contributed by atoms with van der Waals surface area (Å²) in [6.07, 6.45) is 2.79. The second kappa shape index (κ2) is 5.38. The predicted octanol–water partition coefficient (Wildman–Crippen LogP) is 3.08. The van der Waals surface area contributed by atoms with Gasteiger partial charge in [0, 0.05) is 18.1 Å². The summed E-state index contributed by atoms with van der Waals surface area (Å²) in [4.78, 5) is 2.38. The molecule has 2 nitrogen and oxygen atoms in total. The van der Waals surface area contributed by atoms with Gasteiger partial charge in [-0.05, 0) is 44.4 Å². The molecule has 1 aromatic carbocycles. The molecule has 0 amide bonds.